The molecule has 2 rings (SSSR count). The number of aliphatic carboxylic acids is 1. The maximum absolute atomic E-state index is 11.5. The fraction of sp³-hybridized carbons (Fsp3) is 0.923. The molecule has 0 aromatic heterocycles. The van der Waals surface area contributed by atoms with Gasteiger partial charge in [0.15, 0.2) is 0 Å². The smallest absolute Gasteiger partial charge is 0.324 e. The van der Waals surface area contributed by atoms with E-state index in [4.69, 9.17) is 4.74 Å². The van der Waals surface area contributed by atoms with Gasteiger partial charge in [0.1, 0.15) is 5.54 Å². The van der Waals surface area contributed by atoms with Gasteiger partial charge in [-0.2, -0.15) is 0 Å². The van der Waals surface area contributed by atoms with E-state index in [-0.39, 0.29) is 0 Å². The number of carboxylic acids is 1. The van der Waals surface area contributed by atoms with Gasteiger partial charge in [0.05, 0.1) is 6.10 Å². The van der Waals surface area contributed by atoms with Crippen molar-refractivity contribution < 1.29 is 14.6 Å². The molecule has 0 amide bonds. The molecule has 1 atom stereocenters. The summed E-state index contributed by atoms with van der Waals surface area (Å²) in [7, 11) is 0. The Labute approximate surface area is 103 Å². The number of hydrogen-bond acceptors (Lipinski definition) is 3. The molecule has 4 heteroatoms. The fourth-order valence-electron chi connectivity index (χ4n) is 2.94. The lowest BCUT2D eigenvalue weighted by atomic mass is 9.90. The molecule has 0 spiro atoms. The molecule has 1 saturated carbocycles. The minimum atomic E-state index is -0.658. The molecule has 98 valence electrons. The average molecular weight is 241 g/mol. The maximum Gasteiger partial charge on any atom is 0.324 e. The highest BCUT2D eigenvalue weighted by molar-refractivity contribution is 5.79. The highest BCUT2D eigenvalue weighted by Gasteiger charge is 2.51. The topological polar surface area (TPSA) is 49.8 Å². The third kappa shape index (κ3) is 2.47. The molecule has 2 fully saturated rings. The Morgan fingerprint density at radius 3 is 2.35 bits per heavy atom. The molecule has 2 aliphatic rings. The second kappa shape index (κ2) is 4.94. The van der Waals surface area contributed by atoms with Gasteiger partial charge in [-0.1, -0.05) is 0 Å². The molecule has 0 bridgehead atoms. The average Bonchev–Trinajstić information content (AvgIpc) is 3.13. The molecule has 0 aromatic rings. The van der Waals surface area contributed by atoms with Crippen LogP contribution in [0.1, 0.15) is 39.5 Å². The molecule has 1 aliphatic heterocycles. The van der Waals surface area contributed by atoms with Gasteiger partial charge in [0.2, 0.25) is 0 Å². The lowest BCUT2D eigenvalue weighted by molar-refractivity contribution is -0.154. The summed E-state index contributed by atoms with van der Waals surface area (Å²) in [5.41, 5.74) is -0.642. The Morgan fingerprint density at radius 1 is 1.35 bits per heavy atom. The van der Waals surface area contributed by atoms with E-state index < -0.39 is 11.5 Å². The number of carboxylic acid groups (broad SMARTS) is 1. The van der Waals surface area contributed by atoms with E-state index in [0.717, 1.165) is 45.4 Å². The number of likely N-dealkylation sites (tertiary alicyclic amines) is 1. The van der Waals surface area contributed by atoms with Crippen molar-refractivity contribution in [3.63, 3.8) is 0 Å². The van der Waals surface area contributed by atoms with E-state index in [1.807, 2.05) is 13.8 Å². The first-order valence-electron chi connectivity index (χ1n) is 6.69. The Morgan fingerprint density at radius 2 is 1.94 bits per heavy atom. The number of ether oxygens (including phenoxy) is 1. The van der Waals surface area contributed by atoms with Crippen LogP contribution >= 0.6 is 0 Å². The number of nitrogens with zero attached hydrogens (tertiary/aromatic N) is 1. The van der Waals surface area contributed by atoms with Gasteiger partial charge in [-0.05, 0) is 45.4 Å². The fourth-order valence-corrected chi connectivity index (χ4v) is 2.94. The number of carbonyl (C=O) groups is 1. The first-order valence-corrected chi connectivity index (χ1v) is 6.69. The van der Waals surface area contributed by atoms with Crippen molar-refractivity contribution in [2.75, 3.05) is 19.7 Å². The van der Waals surface area contributed by atoms with Crippen LogP contribution in [0.4, 0.5) is 0 Å². The van der Waals surface area contributed by atoms with Gasteiger partial charge in [0, 0.05) is 19.7 Å². The minimum absolute atomic E-state index is 0.327. The van der Waals surface area contributed by atoms with E-state index in [1.54, 1.807) is 0 Å². The van der Waals surface area contributed by atoms with Crippen LogP contribution in [-0.4, -0.2) is 47.3 Å². The monoisotopic (exact) mass is 241 g/mol. The molecule has 1 saturated heterocycles. The van der Waals surface area contributed by atoms with Crippen LogP contribution in [0, 0.1) is 5.92 Å². The first kappa shape index (κ1) is 12.8. The molecule has 1 unspecified atom stereocenters. The summed E-state index contributed by atoms with van der Waals surface area (Å²) in [5, 5.41) is 9.49. The molecule has 17 heavy (non-hydrogen) atoms. The Kier molecular flexibility index (Phi) is 3.73. The molecule has 4 nitrogen and oxygen atoms in total. The second-order valence-corrected chi connectivity index (χ2v) is 5.37. The van der Waals surface area contributed by atoms with Crippen molar-refractivity contribution in [1.82, 2.24) is 4.90 Å². The molecule has 1 N–H and O–H groups in total. The summed E-state index contributed by atoms with van der Waals surface area (Å²) in [6.07, 6.45) is 4.38. The molecular formula is C13H23NO3. The van der Waals surface area contributed by atoms with Crippen molar-refractivity contribution in [3.8, 4) is 0 Å². The Hall–Kier alpha value is -0.610. The molecule has 1 heterocycles. The zero-order valence-electron chi connectivity index (χ0n) is 10.8. The van der Waals surface area contributed by atoms with Crippen molar-refractivity contribution in [2.24, 2.45) is 5.92 Å². The third-order valence-electron chi connectivity index (χ3n) is 4.31. The lowest BCUT2D eigenvalue weighted by Crippen LogP contribution is -2.57. The zero-order chi connectivity index (χ0) is 12.5. The summed E-state index contributed by atoms with van der Waals surface area (Å²) >= 11 is 0. The highest BCUT2D eigenvalue weighted by Crippen LogP contribution is 2.44. The summed E-state index contributed by atoms with van der Waals surface area (Å²) < 4.78 is 5.61. The van der Waals surface area contributed by atoms with Crippen LogP contribution in [0.3, 0.4) is 0 Å². The normalized spacial score (nSPS) is 26.7. The standard InChI is InChI=1S/C13H23NO3/c1-3-17-11-6-8-14(9-7-11)13(2,12(15)16)10-4-5-10/h10-11H,3-9H2,1-2H3,(H,15,16). The summed E-state index contributed by atoms with van der Waals surface area (Å²) in [5.74, 6) is -0.307. The van der Waals surface area contributed by atoms with E-state index in [0.29, 0.717) is 12.0 Å². The molecule has 0 radical (unpaired) electrons. The van der Waals surface area contributed by atoms with Gasteiger partial charge in [-0.15, -0.1) is 0 Å². The zero-order valence-corrected chi connectivity index (χ0v) is 10.8. The van der Waals surface area contributed by atoms with Crippen LogP contribution in [0.15, 0.2) is 0 Å². The van der Waals surface area contributed by atoms with Crippen LogP contribution in [0.25, 0.3) is 0 Å². The number of hydrogen-bond donors (Lipinski definition) is 1. The lowest BCUT2D eigenvalue weighted by Gasteiger charge is -2.42. The van der Waals surface area contributed by atoms with Gasteiger partial charge < -0.3 is 9.84 Å². The van der Waals surface area contributed by atoms with E-state index in [2.05, 4.69) is 4.90 Å². The van der Waals surface area contributed by atoms with Gasteiger partial charge >= 0.3 is 5.97 Å². The van der Waals surface area contributed by atoms with Crippen molar-refractivity contribution >= 4 is 5.97 Å². The van der Waals surface area contributed by atoms with Crippen molar-refractivity contribution in [2.45, 2.75) is 51.2 Å². The quantitative estimate of drug-likeness (QED) is 0.796. The van der Waals surface area contributed by atoms with Crippen LogP contribution < -0.4 is 0 Å². The largest absolute Gasteiger partial charge is 0.480 e. The van der Waals surface area contributed by atoms with E-state index in [1.165, 1.54) is 0 Å². The number of rotatable bonds is 5. The Balaban J connectivity index is 1.96. The minimum Gasteiger partial charge on any atom is -0.480 e. The predicted octanol–water partition coefficient (Wildman–Crippen LogP) is 1.74. The van der Waals surface area contributed by atoms with E-state index >= 15 is 0 Å². The predicted molar refractivity (Wildman–Crippen MR) is 65.0 cm³/mol. The van der Waals surface area contributed by atoms with Gasteiger partial charge in [-0.25, -0.2) is 0 Å². The van der Waals surface area contributed by atoms with Crippen LogP contribution in [0.2, 0.25) is 0 Å². The highest BCUT2D eigenvalue weighted by atomic mass is 16.5. The first-order chi connectivity index (χ1) is 8.09. The Bertz CT molecular complexity index is 282. The van der Waals surface area contributed by atoms with Gasteiger partial charge in [-0.3, -0.25) is 9.69 Å². The molecule has 0 aromatic carbocycles. The maximum atomic E-state index is 11.5. The third-order valence-corrected chi connectivity index (χ3v) is 4.31. The van der Waals surface area contributed by atoms with Crippen molar-refractivity contribution in [1.29, 1.82) is 0 Å². The SMILES string of the molecule is CCOC1CCN(C(C)(C(=O)O)C2CC2)CC1. The van der Waals surface area contributed by atoms with E-state index in [9.17, 15) is 9.90 Å². The van der Waals surface area contributed by atoms with Gasteiger partial charge in [0.25, 0.3) is 0 Å². The number of piperidine rings is 1. The summed E-state index contributed by atoms with van der Waals surface area (Å²) in [4.78, 5) is 13.7. The van der Waals surface area contributed by atoms with Crippen LogP contribution in [-0.2, 0) is 9.53 Å². The molecule has 1 aliphatic carbocycles. The second-order valence-electron chi connectivity index (χ2n) is 5.37. The summed E-state index contributed by atoms with van der Waals surface area (Å²) in [6.45, 7) is 6.36. The molecular weight excluding hydrogens is 218 g/mol. The van der Waals surface area contributed by atoms with Crippen molar-refractivity contribution in [3.05, 3.63) is 0 Å². The summed E-state index contributed by atoms with van der Waals surface area (Å²) in [6, 6.07) is 0. The van der Waals surface area contributed by atoms with Crippen LogP contribution in [0.5, 0.6) is 0 Å².